The van der Waals surface area contributed by atoms with Gasteiger partial charge in [0.05, 0.1) is 11.2 Å². The Balaban J connectivity index is 1.57. The van der Waals surface area contributed by atoms with Crippen LogP contribution in [0.3, 0.4) is 0 Å². The summed E-state index contributed by atoms with van der Waals surface area (Å²) in [6.45, 7) is 2.48. The lowest BCUT2D eigenvalue weighted by atomic mass is 9.94. The fourth-order valence-corrected chi connectivity index (χ4v) is 3.33. The van der Waals surface area contributed by atoms with E-state index < -0.39 is 0 Å². The van der Waals surface area contributed by atoms with Gasteiger partial charge in [-0.15, -0.1) is 0 Å². The molecule has 1 amide bonds. The first-order valence-electron chi connectivity index (χ1n) is 8.28. The molecule has 1 aliphatic rings. The molecule has 0 fully saturated rings. The van der Waals surface area contributed by atoms with Gasteiger partial charge in [0.2, 0.25) is 0 Å². The molecule has 2 aromatic heterocycles. The van der Waals surface area contributed by atoms with Crippen molar-refractivity contribution in [3.8, 4) is 0 Å². The van der Waals surface area contributed by atoms with Gasteiger partial charge >= 0.3 is 0 Å². The number of rotatable bonds is 2. The molecular weight excluding hydrogens is 355 g/mol. The molecule has 1 aromatic carbocycles. The molecule has 1 aliphatic heterocycles. The van der Waals surface area contributed by atoms with Crippen molar-refractivity contribution >= 4 is 28.7 Å². The molecular formula is C19H16ClFN4O. The van der Waals surface area contributed by atoms with E-state index in [4.69, 9.17) is 11.6 Å². The maximum Gasteiger partial charge on any atom is 0.274 e. The Morgan fingerprint density at radius 2 is 2.08 bits per heavy atom. The van der Waals surface area contributed by atoms with Crippen molar-refractivity contribution in [1.82, 2.24) is 19.5 Å². The van der Waals surface area contributed by atoms with Crippen molar-refractivity contribution in [2.45, 2.75) is 19.4 Å². The molecule has 3 heterocycles. The van der Waals surface area contributed by atoms with Gasteiger partial charge < -0.3 is 4.90 Å². The van der Waals surface area contributed by atoms with Crippen LogP contribution in [0.5, 0.6) is 0 Å². The third-order valence-corrected chi connectivity index (χ3v) is 4.75. The monoisotopic (exact) mass is 370 g/mol. The van der Waals surface area contributed by atoms with Gasteiger partial charge in [0.25, 0.3) is 5.91 Å². The normalized spacial score (nSPS) is 17.4. The summed E-state index contributed by atoms with van der Waals surface area (Å²) in [5.74, 6) is -0.399. The van der Waals surface area contributed by atoms with E-state index >= 15 is 0 Å². The second-order valence-corrected chi connectivity index (χ2v) is 6.79. The molecule has 4 rings (SSSR count). The van der Waals surface area contributed by atoms with Gasteiger partial charge in [0.1, 0.15) is 5.82 Å². The second-order valence-electron chi connectivity index (χ2n) is 6.35. The highest BCUT2D eigenvalue weighted by Gasteiger charge is 2.27. The first kappa shape index (κ1) is 16.7. The van der Waals surface area contributed by atoms with E-state index in [-0.39, 0.29) is 17.8 Å². The Kier molecular flexibility index (Phi) is 4.20. The van der Waals surface area contributed by atoms with Crippen molar-refractivity contribution in [2.24, 2.45) is 0 Å². The Morgan fingerprint density at radius 1 is 1.31 bits per heavy atom. The van der Waals surface area contributed by atoms with Crippen LogP contribution < -0.4 is 0 Å². The number of carbonyl (C=O) groups excluding carboxylic acids is 1. The lowest BCUT2D eigenvalue weighted by Crippen LogP contribution is -2.41. The molecule has 1 unspecified atom stereocenters. The minimum atomic E-state index is -0.254. The van der Waals surface area contributed by atoms with Crippen LogP contribution in [0.25, 0.3) is 11.2 Å². The molecule has 7 heteroatoms. The van der Waals surface area contributed by atoms with Crippen molar-refractivity contribution in [3.63, 3.8) is 0 Å². The van der Waals surface area contributed by atoms with Gasteiger partial charge in [-0.1, -0.05) is 29.8 Å². The molecule has 5 nitrogen and oxygen atoms in total. The summed E-state index contributed by atoms with van der Waals surface area (Å²) in [7, 11) is 0. The van der Waals surface area contributed by atoms with Crippen LogP contribution in [0, 0.1) is 5.82 Å². The number of halogens is 2. The van der Waals surface area contributed by atoms with E-state index in [9.17, 15) is 9.18 Å². The minimum absolute atomic E-state index is 0.00825. The van der Waals surface area contributed by atoms with Crippen molar-refractivity contribution in [3.05, 3.63) is 70.9 Å². The summed E-state index contributed by atoms with van der Waals surface area (Å²) < 4.78 is 14.6. The molecule has 3 aromatic rings. The topological polar surface area (TPSA) is 50.5 Å². The highest BCUT2D eigenvalue weighted by molar-refractivity contribution is 6.30. The molecule has 0 N–H and O–H groups in total. The summed E-state index contributed by atoms with van der Waals surface area (Å²) in [6.07, 6.45) is 5.85. The van der Waals surface area contributed by atoms with Gasteiger partial charge in [-0.05, 0) is 36.6 Å². The molecule has 0 aliphatic carbocycles. The van der Waals surface area contributed by atoms with Crippen LogP contribution in [-0.2, 0) is 0 Å². The Hall–Kier alpha value is -2.73. The number of benzene rings is 1. The maximum atomic E-state index is 13.1. The first-order valence-corrected chi connectivity index (χ1v) is 8.66. The summed E-state index contributed by atoms with van der Waals surface area (Å²) in [4.78, 5) is 18.8. The Labute approximate surface area is 154 Å². The van der Waals surface area contributed by atoms with Crippen molar-refractivity contribution in [2.75, 3.05) is 6.54 Å². The number of fused-ring (bicyclic) bond motifs is 1. The number of carbonyl (C=O) groups is 1. The van der Waals surface area contributed by atoms with Crippen molar-refractivity contribution in [1.29, 1.82) is 0 Å². The van der Waals surface area contributed by atoms with Crippen LogP contribution >= 0.6 is 11.6 Å². The van der Waals surface area contributed by atoms with Crippen LogP contribution in [-0.4, -0.2) is 38.0 Å². The van der Waals surface area contributed by atoms with Crippen LogP contribution in [0.15, 0.2) is 48.8 Å². The SMILES string of the molecule is CC1CC(c2ccc(F)cc2)=CCN1C(=O)c1cc2ncc(Cl)cn2n1. The number of nitrogens with zero attached hydrogens (tertiary/aromatic N) is 4. The molecule has 132 valence electrons. The molecule has 26 heavy (non-hydrogen) atoms. The third-order valence-electron chi connectivity index (χ3n) is 4.56. The van der Waals surface area contributed by atoms with E-state index in [2.05, 4.69) is 10.1 Å². The van der Waals surface area contributed by atoms with E-state index in [1.807, 2.05) is 13.0 Å². The van der Waals surface area contributed by atoms with Gasteiger partial charge in [0.15, 0.2) is 11.3 Å². The highest BCUT2D eigenvalue weighted by atomic mass is 35.5. The molecule has 0 radical (unpaired) electrons. The average Bonchev–Trinajstić information content (AvgIpc) is 3.05. The zero-order valence-corrected chi connectivity index (χ0v) is 14.8. The number of hydrogen-bond acceptors (Lipinski definition) is 3. The van der Waals surface area contributed by atoms with Gasteiger partial charge in [-0.2, -0.15) is 5.10 Å². The second kappa shape index (κ2) is 6.53. The quantitative estimate of drug-likeness (QED) is 0.688. The maximum absolute atomic E-state index is 13.1. The molecule has 0 bridgehead atoms. The molecule has 0 spiro atoms. The number of hydrogen-bond donors (Lipinski definition) is 0. The predicted octanol–water partition coefficient (Wildman–Crippen LogP) is 3.84. The average molecular weight is 371 g/mol. The molecule has 1 atom stereocenters. The van der Waals surface area contributed by atoms with E-state index in [1.165, 1.54) is 22.8 Å². The fourth-order valence-electron chi connectivity index (χ4n) is 3.19. The largest absolute Gasteiger partial charge is 0.330 e. The molecule has 0 saturated carbocycles. The van der Waals surface area contributed by atoms with E-state index in [0.717, 1.165) is 11.1 Å². The smallest absolute Gasteiger partial charge is 0.274 e. The van der Waals surface area contributed by atoms with Crippen LogP contribution in [0.2, 0.25) is 5.02 Å². The highest BCUT2D eigenvalue weighted by Crippen LogP contribution is 2.27. The Bertz CT molecular complexity index is 1010. The lowest BCUT2D eigenvalue weighted by molar-refractivity contribution is 0.0705. The van der Waals surface area contributed by atoms with Crippen LogP contribution in [0.1, 0.15) is 29.4 Å². The Morgan fingerprint density at radius 3 is 2.81 bits per heavy atom. The zero-order valence-electron chi connectivity index (χ0n) is 14.1. The lowest BCUT2D eigenvalue weighted by Gasteiger charge is -2.32. The summed E-state index contributed by atoms with van der Waals surface area (Å²) in [6, 6.07) is 8.10. The predicted molar refractivity (Wildman–Crippen MR) is 97.5 cm³/mol. The standard InChI is InChI=1S/C19H16ClFN4O/c1-12-8-14(13-2-4-16(21)5-3-13)6-7-24(12)19(26)17-9-18-22-10-15(20)11-25(18)23-17/h2-6,9-12H,7-8H2,1H3. The minimum Gasteiger partial charge on any atom is -0.330 e. The third kappa shape index (κ3) is 3.08. The van der Waals surface area contributed by atoms with E-state index in [0.29, 0.717) is 29.3 Å². The summed E-state index contributed by atoms with van der Waals surface area (Å²) in [5, 5.41) is 4.74. The number of amides is 1. The zero-order chi connectivity index (χ0) is 18.3. The first-order chi connectivity index (χ1) is 12.5. The van der Waals surface area contributed by atoms with Crippen LogP contribution in [0.4, 0.5) is 4.39 Å². The van der Waals surface area contributed by atoms with Gasteiger partial charge in [0, 0.05) is 24.8 Å². The van der Waals surface area contributed by atoms with Gasteiger partial charge in [-0.3, -0.25) is 4.79 Å². The fraction of sp³-hybridized carbons (Fsp3) is 0.211. The van der Waals surface area contributed by atoms with E-state index in [1.54, 1.807) is 29.3 Å². The molecule has 0 saturated heterocycles. The summed E-state index contributed by atoms with van der Waals surface area (Å²) >= 11 is 5.91. The number of aromatic nitrogens is 3. The summed E-state index contributed by atoms with van der Waals surface area (Å²) in [5.41, 5.74) is 3.01. The van der Waals surface area contributed by atoms with Crippen molar-refractivity contribution < 1.29 is 9.18 Å². The van der Waals surface area contributed by atoms with Gasteiger partial charge in [-0.25, -0.2) is 13.9 Å².